The van der Waals surface area contributed by atoms with Crippen LogP contribution in [0, 0.1) is 6.92 Å². The molecule has 0 aliphatic carbocycles. The summed E-state index contributed by atoms with van der Waals surface area (Å²) in [7, 11) is 3.17. The van der Waals surface area contributed by atoms with Gasteiger partial charge in [0.25, 0.3) is 0 Å². The molecule has 0 aliphatic heterocycles. The molecule has 3 rings (SSSR count). The van der Waals surface area contributed by atoms with Crippen LogP contribution in [0.3, 0.4) is 0 Å². The van der Waals surface area contributed by atoms with Crippen LogP contribution >= 0.6 is 11.6 Å². The van der Waals surface area contributed by atoms with Crippen molar-refractivity contribution in [2.24, 2.45) is 0 Å². The van der Waals surface area contributed by atoms with Crippen molar-refractivity contribution in [3.05, 3.63) is 64.6 Å². The molecule has 0 spiro atoms. The fourth-order valence-electron chi connectivity index (χ4n) is 3.29. The van der Waals surface area contributed by atoms with Gasteiger partial charge in [0, 0.05) is 34.6 Å². The number of amides is 1. The Morgan fingerprint density at radius 2 is 2.00 bits per heavy atom. The van der Waals surface area contributed by atoms with Crippen LogP contribution in [0.1, 0.15) is 23.6 Å². The van der Waals surface area contributed by atoms with Gasteiger partial charge in [-0.1, -0.05) is 18.5 Å². The van der Waals surface area contributed by atoms with E-state index in [9.17, 15) is 4.79 Å². The first-order valence-electron chi connectivity index (χ1n) is 10.2. The molecule has 33 heavy (non-hydrogen) atoms. The minimum absolute atomic E-state index is 0.362. The molecule has 0 saturated heterocycles. The van der Waals surface area contributed by atoms with Crippen molar-refractivity contribution in [3.8, 4) is 11.5 Å². The van der Waals surface area contributed by atoms with Crippen molar-refractivity contribution in [3.63, 3.8) is 0 Å². The van der Waals surface area contributed by atoms with Gasteiger partial charge in [-0.05, 0) is 48.7 Å². The van der Waals surface area contributed by atoms with Gasteiger partial charge in [0.2, 0.25) is 5.91 Å². The summed E-state index contributed by atoms with van der Waals surface area (Å²) in [6, 6.07) is 7.14. The largest absolute Gasteiger partial charge is 0.493 e. The van der Waals surface area contributed by atoms with Crippen molar-refractivity contribution in [2.45, 2.75) is 20.3 Å². The zero-order chi connectivity index (χ0) is 24.0. The number of carbonyl (C=O) groups excluding carboxylic acids is 1. The fraction of sp³-hybridized carbons (Fsp3) is 0.208. The third-order valence-corrected chi connectivity index (χ3v) is 5.29. The van der Waals surface area contributed by atoms with Gasteiger partial charge in [0.05, 0.1) is 25.6 Å². The van der Waals surface area contributed by atoms with Crippen LogP contribution in [0.5, 0.6) is 11.5 Å². The monoisotopic (exact) mass is 467 g/mol. The van der Waals surface area contributed by atoms with E-state index in [0.717, 1.165) is 23.2 Å². The van der Waals surface area contributed by atoms with Gasteiger partial charge in [0.1, 0.15) is 12.1 Å². The summed E-state index contributed by atoms with van der Waals surface area (Å²) in [6.45, 7) is 3.90. The number of benzene rings is 2. The second-order valence-corrected chi connectivity index (χ2v) is 7.59. The van der Waals surface area contributed by atoms with Crippen molar-refractivity contribution >= 4 is 46.5 Å². The SMILES string of the molecule is CCc1cc(N)c(NC(=O)/C=C/c2cncnc2Nc2cc(C)c(OC)c(OC)c2)cc1Cl. The topological polar surface area (TPSA) is 111 Å². The van der Waals surface area contributed by atoms with Crippen LogP contribution in [0.4, 0.5) is 22.9 Å². The van der Waals surface area contributed by atoms with Crippen molar-refractivity contribution in [1.29, 1.82) is 0 Å². The zero-order valence-electron chi connectivity index (χ0n) is 18.9. The molecule has 1 aromatic heterocycles. The quantitative estimate of drug-likeness (QED) is 0.316. The standard InChI is InChI=1S/C24H26ClN5O3/c1-5-15-9-19(26)20(11-18(15)25)30-22(31)7-6-16-12-27-13-28-24(16)29-17-8-14(2)23(33-4)21(10-17)32-3/h6-13H,5,26H2,1-4H3,(H,30,31)(H,27,28,29)/b7-6+. The lowest BCUT2D eigenvalue weighted by atomic mass is 10.1. The summed E-state index contributed by atoms with van der Waals surface area (Å²) in [5.41, 5.74) is 10.1. The summed E-state index contributed by atoms with van der Waals surface area (Å²) < 4.78 is 10.8. The molecule has 9 heteroatoms. The first kappa shape index (κ1) is 23.9. The minimum atomic E-state index is -0.362. The van der Waals surface area contributed by atoms with Crippen molar-refractivity contribution < 1.29 is 14.3 Å². The van der Waals surface area contributed by atoms with Gasteiger partial charge in [-0.2, -0.15) is 0 Å². The number of halogens is 1. The highest BCUT2D eigenvalue weighted by Crippen LogP contribution is 2.35. The molecule has 0 unspecified atom stereocenters. The molecule has 3 aromatic rings. The first-order chi connectivity index (χ1) is 15.9. The van der Waals surface area contributed by atoms with Gasteiger partial charge >= 0.3 is 0 Å². The lowest BCUT2D eigenvalue weighted by molar-refractivity contribution is -0.111. The van der Waals surface area contributed by atoms with Gasteiger partial charge in [-0.25, -0.2) is 9.97 Å². The number of carbonyl (C=O) groups is 1. The lowest BCUT2D eigenvalue weighted by Gasteiger charge is -2.14. The Labute approximate surface area is 197 Å². The van der Waals surface area contributed by atoms with Crippen molar-refractivity contribution in [2.75, 3.05) is 30.6 Å². The highest BCUT2D eigenvalue weighted by Gasteiger charge is 2.12. The molecule has 4 N–H and O–H groups in total. The highest BCUT2D eigenvalue weighted by atomic mass is 35.5. The van der Waals surface area contributed by atoms with Crippen LogP contribution in [0.25, 0.3) is 6.08 Å². The number of rotatable bonds is 8. The number of nitrogens with zero attached hydrogens (tertiary/aromatic N) is 2. The Morgan fingerprint density at radius 3 is 2.70 bits per heavy atom. The average molecular weight is 468 g/mol. The molecule has 2 aromatic carbocycles. The van der Waals surface area contributed by atoms with E-state index in [2.05, 4.69) is 20.6 Å². The zero-order valence-corrected chi connectivity index (χ0v) is 19.7. The number of aryl methyl sites for hydroxylation is 2. The second-order valence-electron chi connectivity index (χ2n) is 7.19. The van der Waals surface area contributed by atoms with Crippen LogP contribution in [-0.4, -0.2) is 30.1 Å². The number of nitrogens with two attached hydrogens (primary N) is 1. The maximum Gasteiger partial charge on any atom is 0.248 e. The summed E-state index contributed by atoms with van der Waals surface area (Å²) in [4.78, 5) is 20.8. The van der Waals surface area contributed by atoms with Crippen LogP contribution in [-0.2, 0) is 11.2 Å². The smallest absolute Gasteiger partial charge is 0.248 e. The van der Waals surface area contributed by atoms with E-state index in [0.29, 0.717) is 39.3 Å². The third kappa shape index (κ3) is 5.72. The Hall–Kier alpha value is -3.78. The Balaban J connectivity index is 1.79. The molecule has 1 heterocycles. The predicted molar refractivity (Wildman–Crippen MR) is 133 cm³/mol. The Bertz CT molecular complexity index is 1200. The molecular formula is C24H26ClN5O3. The summed E-state index contributed by atoms with van der Waals surface area (Å²) in [5.74, 6) is 1.42. The maximum atomic E-state index is 12.5. The minimum Gasteiger partial charge on any atom is -0.493 e. The van der Waals surface area contributed by atoms with E-state index in [1.165, 1.54) is 12.4 Å². The Morgan fingerprint density at radius 1 is 1.21 bits per heavy atom. The van der Waals surface area contributed by atoms with Gasteiger partial charge in [-0.3, -0.25) is 4.79 Å². The van der Waals surface area contributed by atoms with Gasteiger partial charge < -0.3 is 25.8 Å². The van der Waals surface area contributed by atoms with E-state index in [4.69, 9.17) is 26.8 Å². The summed E-state index contributed by atoms with van der Waals surface area (Å²) >= 11 is 6.24. The van der Waals surface area contributed by atoms with Crippen LogP contribution in [0.15, 0.2) is 42.9 Å². The van der Waals surface area contributed by atoms with Gasteiger partial charge in [-0.15, -0.1) is 0 Å². The number of anilines is 4. The Kier molecular flexibility index (Phi) is 7.74. The van der Waals surface area contributed by atoms with Crippen LogP contribution < -0.4 is 25.8 Å². The third-order valence-electron chi connectivity index (χ3n) is 4.94. The summed E-state index contributed by atoms with van der Waals surface area (Å²) in [5, 5.41) is 6.54. The van der Waals surface area contributed by atoms with E-state index in [1.54, 1.807) is 44.7 Å². The number of nitrogen functional groups attached to an aromatic ring is 1. The molecule has 1 amide bonds. The molecule has 0 bridgehead atoms. The molecule has 8 nitrogen and oxygen atoms in total. The molecule has 0 fully saturated rings. The average Bonchev–Trinajstić information content (AvgIpc) is 2.80. The number of aromatic nitrogens is 2. The molecule has 0 saturated carbocycles. The van der Waals surface area contributed by atoms with Gasteiger partial charge in [0.15, 0.2) is 11.5 Å². The maximum absolute atomic E-state index is 12.5. The van der Waals surface area contributed by atoms with E-state index in [1.807, 2.05) is 19.9 Å². The van der Waals surface area contributed by atoms with Crippen LogP contribution in [0.2, 0.25) is 5.02 Å². The normalized spacial score (nSPS) is 10.8. The fourth-order valence-corrected chi connectivity index (χ4v) is 3.58. The predicted octanol–water partition coefficient (Wildman–Crippen LogP) is 5.00. The molecule has 0 aliphatic rings. The summed E-state index contributed by atoms with van der Waals surface area (Å²) in [6.07, 6.45) is 6.77. The van der Waals surface area contributed by atoms with E-state index < -0.39 is 0 Å². The molecule has 172 valence electrons. The molecular weight excluding hydrogens is 442 g/mol. The lowest BCUT2D eigenvalue weighted by Crippen LogP contribution is -2.10. The molecule has 0 atom stereocenters. The number of hydrogen-bond donors (Lipinski definition) is 3. The van der Waals surface area contributed by atoms with E-state index >= 15 is 0 Å². The van der Waals surface area contributed by atoms with E-state index in [-0.39, 0.29) is 5.91 Å². The van der Waals surface area contributed by atoms with Crippen molar-refractivity contribution in [1.82, 2.24) is 9.97 Å². The highest BCUT2D eigenvalue weighted by molar-refractivity contribution is 6.32. The number of nitrogens with one attached hydrogen (secondary N) is 2. The number of methoxy groups -OCH3 is 2. The molecule has 0 radical (unpaired) electrons. The second kappa shape index (κ2) is 10.7. The first-order valence-corrected chi connectivity index (χ1v) is 10.6. The number of hydrogen-bond acceptors (Lipinski definition) is 7. The number of ether oxygens (including phenoxy) is 2.